The molecular weight excluding hydrogens is 757 g/mol. The van der Waals surface area contributed by atoms with Gasteiger partial charge in [0.1, 0.15) is 6.15 Å². The average Bonchev–Trinajstić information content (AvgIpc) is 3.05. The molecular formula is C40H48BN2U. The molecule has 1 aliphatic rings. The van der Waals surface area contributed by atoms with Crippen molar-refractivity contribution in [3.05, 3.63) is 183 Å². The van der Waals surface area contributed by atoms with Crippen molar-refractivity contribution in [3.8, 4) is 0 Å². The van der Waals surface area contributed by atoms with E-state index in [9.17, 15) is 0 Å². The van der Waals surface area contributed by atoms with Gasteiger partial charge < -0.3 is 10.6 Å². The topological polar surface area (TPSA) is 28.2 Å². The first-order chi connectivity index (χ1) is 21.2. The minimum Gasteiger partial charge on any atom is -0.663 e. The maximum atomic E-state index is 3.97. The molecule has 0 amide bonds. The largest absolute Gasteiger partial charge is 3.00 e. The van der Waals surface area contributed by atoms with Crippen LogP contribution in [0.4, 0.5) is 0 Å². The summed E-state index contributed by atoms with van der Waals surface area (Å²) in [6.45, 7) is 12.1. The zero-order valence-electron chi connectivity index (χ0n) is 27.0. The smallest absolute Gasteiger partial charge is 0.663 e. The van der Waals surface area contributed by atoms with Gasteiger partial charge in [-0.05, 0) is 51.4 Å². The van der Waals surface area contributed by atoms with Gasteiger partial charge in [-0.2, -0.15) is 48.0 Å². The van der Waals surface area contributed by atoms with Gasteiger partial charge in [0.05, 0.1) is 0 Å². The van der Waals surface area contributed by atoms with Crippen molar-refractivity contribution in [2.24, 2.45) is 0 Å². The minimum atomic E-state index is -1.22. The normalized spacial score (nSPS) is 12.6. The Balaban J connectivity index is 0.000000418. The van der Waals surface area contributed by atoms with E-state index in [0.717, 1.165) is 26.2 Å². The fourth-order valence-electron chi connectivity index (χ4n) is 5.08. The summed E-state index contributed by atoms with van der Waals surface area (Å²) >= 11 is 0. The van der Waals surface area contributed by atoms with Crippen molar-refractivity contribution >= 4 is 28.0 Å². The Bertz CT molecular complexity index is 960. The predicted octanol–water partition coefficient (Wildman–Crippen LogP) is 7.50. The van der Waals surface area contributed by atoms with Crippen LogP contribution < -0.4 is 21.9 Å². The molecule has 1 saturated carbocycles. The van der Waals surface area contributed by atoms with Crippen LogP contribution in [0.25, 0.3) is 10.6 Å². The van der Waals surface area contributed by atoms with Crippen LogP contribution in [0, 0.1) is 82.5 Å². The summed E-state index contributed by atoms with van der Waals surface area (Å²) in [6.07, 6.45) is 14.8. The molecule has 5 rings (SSSR count). The third kappa shape index (κ3) is 13.9. The Kier molecular flexibility index (Phi) is 23.8. The second kappa shape index (κ2) is 26.2. The van der Waals surface area contributed by atoms with Crippen molar-refractivity contribution in [1.82, 2.24) is 0 Å². The molecule has 225 valence electrons. The average molecular weight is 806 g/mol. The Labute approximate surface area is 294 Å². The molecule has 0 bridgehead atoms. The number of benzene rings is 4. The molecule has 0 saturated heterocycles. The van der Waals surface area contributed by atoms with E-state index < -0.39 is 6.15 Å². The molecule has 0 atom stereocenters. The van der Waals surface area contributed by atoms with Crippen LogP contribution >= 0.6 is 0 Å². The van der Waals surface area contributed by atoms with Crippen LogP contribution in [0.5, 0.6) is 0 Å². The van der Waals surface area contributed by atoms with Crippen molar-refractivity contribution in [1.29, 1.82) is 0 Å². The number of rotatable bonds is 8. The fraction of sp³-hybridized carbons (Fsp3) is 0.200. The molecule has 9 radical (unpaired) electrons. The summed E-state index contributed by atoms with van der Waals surface area (Å²) in [7, 11) is 0. The second-order valence-corrected chi connectivity index (χ2v) is 9.76. The quantitative estimate of drug-likeness (QED) is 0.165. The van der Waals surface area contributed by atoms with E-state index in [1.54, 1.807) is 0 Å². The SMILES string of the molecule is CC[N-]CC.CC[N-]CC.[CH]1[CH][CH][CH][CH][CH][CH][CH]1.[U+3].c1ccc([B-](c2ccccc2)(c2ccccc2)c2ccccc2)cc1. The zero-order valence-corrected chi connectivity index (χ0v) is 31.1. The summed E-state index contributed by atoms with van der Waals surface area (Å²) < 4.78 is 0. The number of nitrogens with zero attached hydrogens (tertiary/aromatic N) is 2. The molecule has 0 spiro atoms. The van der Waals surface area contributed by atoms with Gasteiger partial charge in [0.15, 0.2) is 0 Å². The summed E-state index contributed by atoms with van der Waals surface area (Å²) in [6, 6.07) is 43.5. The first kappa shape index (κ1) is 39.9. The molecule has 0 N–H and O–H groups in total. The van der Waals surface area contributed by atoms with Crippen LogP contribution in [-0.4, -0.2) is 32.3 Å². The van der Waals surface area contributed by atoms with E-state index in [1.165, 1.54) is 21.9 Å². The molecule has 1 fully saturated rings. The summed E-state index contributed by atoms with van der Waals surface area (Å²) in [4.78, 5) is 0. The molecule has 0 unspecified atom stereocenters. The summed E-state index contributed by atoms with van der Waals surface area (Å²) in [5, 5.41) is 7.94. The van der Waals surface area contributed by atoms with Gasteiger partial charge >= 0.3 is 31.1 Å². The zero-order chi connectivity index (χ0) is 30.9. The monoisotopic (exact) mass is 805 g/mol. The van der Waals surface area contributed by atoms with Crippen LogP contribution in [0.15, 0.2) is 121 Å². The van der Waals surface area contributed by atoms with Gasteiger partial charge in [0.2, 0.25) is 0 Å². The van der Waals surface area contributed by atoms with Gasteiger partial charge in [-0.25, -0.2) is 0 Å². The maximum Gasteiger partial charge on any atom is 3.00 e. The minimum absolute atomic E-state index is 0. The molecule has 0 heterocycles. The third-order valence-corrected chi connectivity index (χ3v) is 6.98. The van der Waals surface area contributed by atoms with Crippen LogP contribution in [0.2, 0.25) is 0 Å². The van der Waals surface area contributed by atoms with Gasteiger partial charge in [-0.15, -0.1) is 0 Å². The van der Waals surface area contributed by atoms with Crippen molar-refractivity contribution in [2.45, 2.75) is 27.7 Å². The fourth-order valence-corrected chi connectivity index (χ4v) is 5.08. The molecule has 4 heteroatoms. The van der Waals surface area contributed by atoms with Crippen LogP contribution in [0.1, 0.15) is 27.7 Å². The molecule has 0 aliphatic heterocycles. The van der Waals surface area contributed by atoms with E-state index in [4.69, 9.17) is 0 Å². The first-order valence-electron chi connectivity index (χ1n) is 15.6. The maximum absolute atomic E-state index is 3.97. The van der Waals surface area contributed by atoms with E-state index in [1.807, 2.05) is 79.1 Å². The number of hydrogen-bond acceptors (Lipinski definition) is 0. The van der Waals surface area contributed by atoms with Gasteiger partial charge in [0, 0.05) is 0 Å². The van der Waals surface area contributed by atoms with E-state index in [0.29, 0.717) is 0 Å². The predicted molar refractivity (Wildman–Crippen MR) is 193 cm³/mol. The van der Waals surface area contributed by atoms with E-state index in [-0.39, 0.29) is 31.1 Å². The first-order valence-corrected chi connectivity index (χ1v) is 15.6. The van der Waals surface area contributed by atoms with Crippen LogP contribution in [0.3, 0.4) is 0 Å². The van der Waals surface area contributed by atoms with Gasteiger partial charge in [-0.1, -0.05) is 149 Å². The summed E-state index contributed by atoms with van der Waals surface area (Å²) in [5.41, 5.74) is 5.36. The molecule has 2 nitrogen and oxygen atoms in total. The Hall–Kier alpha value is -2.08. The number of hydrogen-bond donors (Lipinski definition) is 0. The molecule has 1 aliphatic carbocycles. The van der Waals surface area contributed by atoms with Gasteiger partial charge in [0.25, 0.3) is 0 Å². The Morgan fingerprint density at radius 1 is 0.341 bits per heavy atom. The Morgan fingerprint density at radius 3 is 0.659 bits per heavy atom. The molecule has 4 aromatic carbocycles. The standard InChI is InChI=1S/C24H20B.C8H8.2C4H10N.U/c1-5-13-21(14-6-1)25(22-15-7-2-8-16-22,23-17-9-3-10-18-23)24-19-11-4-12-20-24;1-2-4-6-8-7-5-3-1;2*1-3-5-4-2;/h1-20H;1-8H;2*3-4H2,1-2H3;/q-1;;2*-1;+3. The van der Waals surface area contributed by atoms with Crippen molar-refractivity contribution in [2.75, 3.05) is 26.2 Å². The third-order valence-electron chi connectivity index (χ3n) is 6.98. The van der Waals surface area contributed by atoms with Crippen molar-refractivity contribution < 1.29 is 31.1 Å². The Morgan fingerprint density at radius 2 is 0.523 bits per heavy atom. The second-order valence-electron chi connectivity index (χ2n) is 9.76. The van der Waals surface area contributed by atoms with E-state index >= 15 is 0 Å². The molecule has 44 heavy (non-hydrogen) atoms. The van der Waals surface area contributed by atoms with E-state index in [2.05, 4.69) is 132 Å². The van der Waals surface area contributed by atoms with Crippen molar-refractivity contribution in [3.63, 3.8) is 0 Å². The van der Waals surface area contributed by atoms with Gasteiger partial charge in [-0.3, -0.25) is 0 Å². The summed E-state index contributed by atoms with van der Waals surface area (Å²) in [5.74, 6) is 0. The molecule has 4 aromatic rings. The van der Waals surface area contributed by atoms with Crippen LogP contribution in [-0.2, 0) is 0 Å². The molecule has 0 aromatic heterocycles.